The van der Waals surface area contributed by atoms with E-state index in [0.717, 1.165) is 6.07 Å². The lowest BCUT2D eigenvalue weighted by atomic mass is 10.3. The number of rotatable bonds is 7. The fraction of sp³-hybridized carbons (Fsp3) is 0.500. The molecule has 0 saturated carbocycles. The van der Waals surface area contributed by atoms with Crippen molar-refractivity contribution in [3.63, 3.8) is 0 Å². The van der Waals surface area contributed by atoms with E-state index < -0.39 is 43.7 Å². The fourth-order valence-corrected chi connectivity index (χ4v) is 3.19. The number of nitro benzene ring substituents is 1. The van der Waals surface area contributed by atoms with Gasteiger partial charge in [-0.1, -0.05) is 0 Å². The van der Waals surface area contributed by atoms with E-state index in [2.05, 4.69) is 9.46 Å². The number of sulfonamides is 1. The van der Waals surface area contributed by atoms with Gasteiger partial charge in [-0.25, -0.2) is 13.1 Å². The Morgan fingerprint density at radius 1 is 1.38 bits per heavy atom. The minimum atomic E-state index is -5.14. The molecule has 0 saturated heterocycles. The van der Waals surface area contributed by atoms with Crippen molar-refractivity contribution in [1.82, 2.24) is 9.62 Å². The van der Waals surface area contributed by atoms with Crippen LogP contribution in [0, 0.1) is 10.1 Å². The maximum Gasteiger partial charge on any atom is 0.573 e. The predicted octanol–water partition coefficient (Wildman–Crippen LogP) is 1.72. The van der Waals surface area contributed by atoms with Crippen LogP contribution in [0.4, 0.5) is 18.9 Å². The van der Waals surface area contributed by atoms with Gasteiger partial charge in [0.15, 0.2) is 0 Å². The van der Waals surface area contributed by atoms with Crippen molar-refractivity contribution in [2.24, 2.45) is 0 Å². The summed E-state index contributed by atoms with van der Waals surface area (Å²) >= 11 is 0. The molecule has 0 amide bonds. The molecule has 1 rings (SSSR count). The highest BCUT2D eigenvalue weighted by molar-refractivity contribution is 7.89. The largest absolute Gasteiger partial charge is 0.573 e. The second-order valence-electron chi connectivity index (χ2n) is 5.22. The van der Waals surface area contributed by atoms with Gasteiger partial charge in [-0.2, -0.15) is 0 Å². The van der Waals surface area contributed by atoms with Crippen molar-refractivity contribution >= 4 is 15.7 Å². The Balaban J connectivity index is 3.17. The number of nitro groups is 1. The lowest BCUT2D eigenvalue weighted by Gasteiger charge is -2.18. The van der Waals surface area contributed by atoms with E-state index in [4.69, 9.17) is 0 Å². The minimum absolute atomic E-state index is 0.358. The van der Waals surface area contributed by atoms with Gasteiger partial charge in [-0.15, -0.1) is 13.2 Å². The van der Waals surface area contributed by atoms with E-state index in [0.29, 0.717) is 18.7 Å². The number of halogens is 3. The molecule has 1 N–H and O–H groups in total. The van der Waals surface area contributed by atoms with Crippen LogP contribution in [0.2, 0.25) is 0 Å². The molecule has 0 aliphatic carbocycles. The molecule has 0 aliphatic rings. The van der Waals surface area contributed by atoms with Crippen molar-refractivity contribution < 1.29 is 31.2 Å². The van der Waals surface area contributed by atoms with Gasteiger partial charge in [0.1, 0.15) is 0 Å². The van der Waals surface area contributed by atoms with Crippen LogP contribution in [-0.2, 0) is 10.0 Å². The first kappa shape index (κ1) is 20.1. The van der Waals surface area contributed by atoms with Gasteiger partial charge in [0.25, 0.3) is 0 Å². The molecule has 0 fully saturated rings. The third kappa shape index (κ3) is 5.94. The van der Waals surface area contributed by atoms with E-state index in [-0.39, 0.29) is 0 Å². The summed E-state index contributed by atoms with van der Waals surface area (Å²) in [6.45, 7) is 1.93. The second-order valence-corrected chi connectivity index (χ2v) is 6.93. The third-order valence-corrected chi connectivity index (χ3v) is 4.25. The average Bonchev–Trinajstić information content (AvgIpc) is 2.34. The van der Waals surface area contributed by atoms with E-state index in [9.17, 15) is 31.7 Å². The Morgan fingerprint density at radius 2 is 1.96 bits per heavy atom. The number of ether oxygens (including phenoxy) is 1. The Morgan fingerprint density at radius 3 is 2.42 bits per heavy atom. The molecule has 12 heteroatoms. The standard InChI is InChI=1S/C12H16F3N3O5S/c1-8(7-17(2)3)16-24(21,22)9-4-5-11(23-12(13,14)15)10(6-9)18(19)20/h4-6,8,16H,7H2,1-3H3/t8-/m0/s1. The Bertz CT molecular complexity index is 706. The minimum Gasteiger partial charge on any atom is -0.398 e. The summed E-state index contributed by atoms with van der Waals surface area (Å²) in [5.41, 5.74) is -1.10. The highest BCUT2D eigenvalue weighted by atomic mass is 32.2. The molecule has 136 valence electrons. The molecule has 0 radical (unpaired) electrons. The number of benzene rings is 1. The van der Waals surface area contributed by atoms with Crippen molar-refractivity contribution in [3.05, 3.63) is 28.3 Å². The van der Waals surface area contributed by atoms with E-state index in [1.165, 1.54) is 0 Å². The van der Waals surface area contributed by atoms with Gasteiger partial charge in [-0.05, 0) is 33.2 Å². The topological polar surface area (TPSA) is 102 Å². The van der Waals surface area contributed by atoms with Gasteiger partial charge in [-0.3, -0.25) is 10.1 Å². The van der Waals surface area contributed by atoms with Crippen LogP contribution in [0.5, 0.6) is 5.75 Å². The van der Waals surface area contributed by atoms with Gasteiger partial charge >= 0.3 is 12.0 Å². The lowest BCUT2D eigenvalue weighted by molar-refractivity contribution is -0.388. The summed E-state index contributed by atoms with van der Waals surface area (Å²) in [5.74, 6) is -1.09. The molecule has 0 aliphatic heterocycles. The summed E-state index contributed by atoms with van der Waals surface area (Å²) in [6, 6.07) is 1.40. The number of nitrogens with zero attached hydrogens (tertiary/aromatic N) is 2. The summed E-state index contributed by atoms with van der Waals surface area (Å²) in [4.78, 5) is 10.9. The zero-order valence-electron chi connectivity index (χ0n) is 13.0. The molecule has 0 aromatic heterocycles. The molecule has 0 spiro atoms. The molecular formula is C12H16F3N3O5S. The number of nitrogens with one attached hydrogen (secondary N) is 1. The summed E-state index contributed by atoms with van der Waals surface area (Å²) in [6.07, 6.45) is -5.14. The third-order valence-electron chi connectivity index (χ3n) is 2.66. The smallest absolute Gasteiger partial charge is 0.398 e. The number of hydrogen-bond donors (Lipinski definition) is 1. The lowest BCUT2D eigenvalue weighted by Crippen LogP contribution is -2.39. The fourth-order valence-electron chi connectivity index (χ4n) is 1.94. The predicted molar refractivity (Wildman–Crippen MR) is 78.1 cm³/mol. The van der Waals surface area contributed by atoms with Crippen LogP contribution in [0.1, 0.15) is 6.92 Å². The zero-order chi connectivity index (χ0) is 18.7. The number of likely N-dealkylation sites (N-methyl/N-ethyl adjacent to an activating group) is 1. The molecule has 0 heterocycles. The summed E-state index contributed by atoms with van der Waals surface area (Å²) in [5, 5.41) is 10.9. The van der Waals surface area contributed by atoms with Crippen molar-refractivity contribution in [2.75, 3.05) is 20.6 Å². The van der Waals surface area contributed by atoms with E-state index >= 15 is 0 Å². The molecule has 0 unspecified atom stereocenters. The van der Waals surface area contributed by atoms with Crippen LogP contribution >= 0.6 is 0 Å². The van der Waals surface area contributed by atoms with Crippen LogP contribution in [0.3, 0.4) is 0 Å². The zero-order valence-corrected chi connectivity index (χ0v) is 13.8. The molecule has 8 nitrogen and oxygen atoms in total. The van der Waals surface area contributed by atoms with E-state index in [1.54, 1.807) is 25.9 Å². The molecule has 1 atom stereocenters. The van der Waals surface area contributed by atoms with Gasteiger partial charge in [0, 0.05) is 18.7 Å². The first-order valence-electron chi connectivity index (χ1n) is 6.53. The SMILES string of the molecule is C[C@@H](CN(C)C)NS(=O)(=O)c1ccc(OC(F)(F)F)c([N+](=O)[O-])c1. The van der Waals surface area contributed by atoms with Gasteiger partial charge in [0.05, 0.1) is 9.82 Å². The number of hydrogen-bond acceptors (Lipinski definition) is 6. The molecule has 1 aromatic rings. The normalized spacial score (nSPS) is 13.8. The highest BCUT2D eigenvalue weighted by Crippen LogP contribution is 2.33. The van der Waals surface area contributed by atoms with E-state index in [1.807, 2.05) is 0 Å². The molecule has 24 heavy (non-hydrogen) atoms. The summed E-state index contributed by atoms with van der Waals surface area (Å²) < 4.78 is 66.9. The quantitative estimate of drug-likeness (QED) is 0.578. The van der Waals surface area contributed by atoms with Gasteiger partial charge < -0.3 is 9.64 Å². The van der Waals surface area contributed by atoms with Crippen LogP contribution in [-0.4, -0.2) is 51.3 Å². The van der Waals surface area contributed by atoms with Crippen molar-refractivity contribution in [3.8, 4) is 5.75 Å². The van der Waals surface area contributed by atoms with Crippen LogP contribution in [0.15, 0.2) is 23.1 Å². The average molecular weight is 371 g/mol. The molecular weight excluding hydrogens is 355 g/mol. The molecule has 1 aromatic carbocycles. The Labute approximate surface area is 136 Å². The van der Waals surface area contributed by atoms with Gasteiger partial charge in [0.2, 0.25) is 15.8 Å². The maximum atomic E-state index is 12.2. The van der Waals surface area contributed by atoms with Crippen LogP contribution < -0.4 is 9.46 Å². The van der Waals surface area contributed by atoms with Crippen LogP contribution in [0.25, 0.3) is 0 Å². The Hall–Kier alpha value is -1.92. The van der Waals surface area contributed by atoms with Crippen molar-refractivity contribution in [2.45, 2.75) is 24.2 Å². The highest BCUT2D eigenvalue weighted by Gasteiger charge is 2.35. The summed E-state index contributed by atoms with van der Waals surface area (Å²) in [7, 11) is -0.697. The monoisotopic (exact) mass is 371 g/mol. The molecule has 0 bridgehead atoms. The Kier molecular flexibility index (Phi) is 6.14. The number of alkyl halides is 3. The van der Waals surface area contributed by atoms with Crippen molar-refractivity contribution in [1.29, 1.82) is 0 Å². The first-order valence-corrected chi connectivity index (χ1v) is 8.01. The second kappa shape index (κ2) is 7.32. The maximum absolute atomic E-state index is 12.2. The first-order chi connectivity index (χ1) is 10.8.